The standard InChI is InChI=1S/C31H46FN3O7/c1-31(2,3)42-30(39)34-17-13-22(14-18-34)7-12-27(36)35-16-5-6-24(21-35)29(38)33-26(20-28(37)40-4)23-8-10-25(11-9-23)41-19-15-32/h8-11,22,24,26H,5-7,12-21H2,1-4H3,(H,33,38)/t24-,26?/m1/s1/i32-1. The number of ether oxygens (including phenoxy) is 3. The zero-order valence-electron chi connectivity index (χ0n) is 25.4. The molecule has 2 heterocycles. The van der Waals surface area contributed by atoms with Gasteiger partial charge in [-0.2, -0.15) is 0 Å². The molecule has 2 aliphatic heterocycles. The number of hydrogen-bond donors (Lipinski definition) is 1. The van der Waals surface area contributed by atoms with Gasteiger partial charge in [-0.15, -0.1) is 0 Å². The number of carbonyl (C=O) groups excluding carboxylic acids is 4. The van der Waals surface area contributed by atoms with E-state index in [2.05, 4.69) is 5.32 Å². The average Bonchev–Trinajstić information content (AvgIpc) is 2.98. The van der Waals surface area contributed by atoms with E-state index in [1.165, 1.54) is 7.11 Å². The number of nitrogens with zero attached hydrogens (tertiary/aromatic N) is 2. The minimum Gasteiger partial charge on any atom is -0.491 e. The Bertz CT molecular complexity index is 1050. The van der Waals surface area contributed by atoms with Gasteiger partial charge in [0, 0.05) is 32.6 Å². The summed E-state index contributed by atoms with van der Waals surface area (Å²) in [7, 11) is 1.30. The van der Waals surface area contributed by atoms with Crippen LogP contribution in [0, 0.1) is 11.8 Å². The summed E-state index contributed by atoms with van der Waals surface area (Å²) < 4.78 is 28.0. The van der Waals surface area contributed by atoms with E-state index in [1.807, 2.05) is 20.8 Å². The minimum absolute atomic E-state index is 0.0389. The normalized spacial score (nSPS) is 18.6. The van der Waals surface area contributed by atoms with Gasteiger partial charge >= 0.3 is 12.1 Å². The van der Waals surface area contributed by atoms with E-state index in [9.17, 15) is 23.6 Å². The monoisotopic (exact) mass is 590 g/mol. The first-order chi connectivity index (χ1) is 20.0. The molecule has 2 aliphatic rings. The highest BCUT2D eigenvalue weighted by Crippen LogP contribution is 2.26. The number of esters is 1. The number of carbonyl (C=O) groups is 4. The second-order valence-corrected chi connectivity index (χ2v) is 12.1. The van der Waals surface area contributed by atoms with Crippen LogP contribution in [0.1, 0.15) is 77.3 Å². The highest BCUT2D eigenvalue weighted by molar-refractivity contribution is 5.82. The van der Waals surface area contributed by atoms with Crippen molar-refractivity contribution in [3.05, 3.63) is 29.8 Å². The number of rotatable bonds is 11. The summed E-state index contributed by atoms with van der Waals surface area (Å²) in [5.41, 5.74) is 0.173. The predicted molar refractivity (Wildman–Crippen MR) is 154 cm³/mol. The first-order valence-electron chi connectivity index (χ1n) is 14.9. The summed E-state index contributed by atoms with van der Waals surface area (Å²) in [6.07, 6.45) is 3.87. The molecule has 2 fully saturated rings. The second kappa shape index (κ2) is 15.7. The fourth-order valence-electron chi connectivity index (χ4n) is 5.38. The molecule has 0 aromatic heterocycles. The summed E-state index contributed by atoms with van der Waals surface area (Å²) in [4.78, 5) is 54.3. The van der Waals surface area contributed by atoms with Gasteiger partial charge in [-0.25, -0.2) is 9.18 Å². The van der Waals surface area contributed by atoms with Crippen molar-refractivity contribution >= 4 is 23.9 Å². The Labute approximate surface area is 248 Å². The van der Waals surface area contributed by atoms with Gasteiger partial charge in [-0.3, -0.25) is 14.4 Å². The maximum absolute atomic E-state index is 13.3. The molecule has 1 unspecified atom stereocenters. The Morgan fingerprint density at radius 3 is 2.33 bits per heavy atom. The third-order valence-electron chi connectivity index (χ3n) is 7.72. The van der Waals surface area contributed by atoms with Crippen LogP contribution in [0.5, 0.6) is 5.75 Å². The molecule has 10 nitrogen and oxygen atoms in total. The first kappa shape index (κ1) is 33.1. The summed E-state index contributed by atoms with van der Waals surface area (Å²) in [6, 6.07) is 6.19. The SMILES string of the molecule is COC(=O)CC(NC(=O)[C@@H]1CCCN(C(=O)CCC2CCN(C(=O)OC(C)(C)C)CC2)C1)c1ccc(OCC[18F])cc1. The van der Waals surface area contributed by atoms with Crippen molar-refractivity contribution in [1.29, 1.82) is 0 Å². The average molecular weight is 591 g/mol. The molecule has 234 valence electrons. The quantitative estimate of drug-likeness (QED) is 0.380. The van der Waals surface area contributed by atoms with Gasteiger partial charge in [0.2, 0.25) is 11.8 Å². The first-order valence-corrected chi connectivity index (χ1v) is 14.9. The van der Waals surface area contributed by atoms with Gasteiger partial charge in [0.05, 0.1) is 25.5 Å². The van der Waals surface area contributed by atoms with Crippen molar-refractivity contribution in [3.63, 3.8) is 0 Å². The van der Waals surface area contributed by atoms with Crippen LogP contribution in [-0.4, -0.2) is 85.8 Å². The number of piperidine rings is 2. The topological polar surface area (TPSA) is 114 Å². The molecule has 2 atom stereocenters. The maximum Gasteiger partial charge on any atom is 0.410 e. The van der Waals surface area contributed by atoms with Crippen molar-refractivity contribution in [2.45, 2.75) is 77.4 Å². The number of likely N-dealkylation sites (tertiary alicyclic amines) is 2. The molecule has 0 spiro atoms. The molecule has 1 N–H and O–H groups in total. The Kier molecular flexibility index (Phi) is 12.4. The lowest BCUT2D eigenvalue weighted by atomic mass is 9.91. The van der Waals surface area contributed by atoms with E-state index >= 15 is 0 Å². The van der Waals surface area contributed by atoms with E-state index in [1.54, 1.807) is 34.1 Å². The van der Waals surface area contributed by atoms with Crippen LogP contribution in [0.15, 0.2) is 24.3 Å². The summed E-state index contributed by atoms with van der Waals surface area (Å²) in [6.45, 7) is 7.11. The maximum atomic E-state index is 13.3. The van der Waals surface area contributed by atoms with Crippen LogP contribution < -0.4 is 10.1 Å². The Morgan fingerprint density at radius 2 is 1.71 bits per heavy atom. The molecule has 1 aromatic rings. The molecule has 2 saturated heterocycles. The third kappa shape index (κ3) is 10.5. The van der Waals surface area contributed by atoms with Crippen molar-refractivity contribution in [2.75, 3.05) is 46.6 Å². The second-order valence-electron chi connectivity index (χ2n) is 12.1. The molecule has 11 heteroatoms. The zero-order chi connectivity index (χ0) is 30.7. The number of alkyl halides is 1. The molecule has 42 heavy (non-hydrogen) atoms. The fraction of sp³-hybridized carbons (Fsp3) is 0.677. The lowest BCUT2D eigenvalue weighted by Crippen LogP contribution is -2.46. The van der Waals surface area contributed by atoms with Crippen LogP contribution in [-0.2, 0) is 23.9 Å². The molecular formula is C31H46FN3O7. The summed E-state index contributed by atoms with van der Waals surface area (Å²) >= 11 is 0. The van der Waals surface area contributed by atoms with Gasteiger partial charge in [0.15, 0.2) is 0 Å². The van der Waals surface area contributed by atoms with Gasteiger partial charge in [-0.05, 0) is 76.5 Å². The summed E-state index contributed by atoms with van der Waals surface area (Å²) in [5.74, 6) is -0.160. The van der Waals surface area contributed by atoms with Crippen LogP contribution in [0.2, 0.25) is 0 Å². The number of halogens is 1. The third-order valence-corrected chi connectivity index (χ3v) is 7.72. The van der Waals surface area contributed by atoms with Crippen molar-refractivity contribution < 1.29 is 37.8 Å². The molecular weight excluding hydrogens is 544 g/mol. The van der Waals surface area contributed by atoms with Crippen LogP contribution in [0.4, 0.5) is 9.18 Å². The van der Waals surface area contributed by atoms with Gasteiger partial charge < -0.3 is 29.3 Å². The number of hydrogen-bond acceptors (Lipinski definition) is 7. The Morgan fingerprint density at radius 1 is 1.02 bits per heavy atom. The van der Waals surface area contributed by atoms with Crippen LogP contribution in [0.3, 0.4) is 0 Å². The van der Waals surface area contributed by atoms with E-state index in [0.29, 0.717) is 56.3 Å². The van der Waals surface area contributed by atoms with Gasteiger partial charge in [0.25, 0.3) is 0 Å². The van der Waals surface area contributed by atoms with E-state index in [0.717, 1.165) is 25.7 Å². The Hall–Kier alpha value is -3.37. The van der Waals surface area contributed by atoms with Crippen LogP contribution in [0.25, 0.3) is 0 Å². The van der Waals surface area contributed by atoms with Crippen molar-refractivity contribution in [1.82, 2.24) is 15.1 Å². The number of amides is 3. The van der Waals surface area contributed by atoms with Gasteiger partial charge in [0.1, 0.15) is 24.6 Å². The molecule has 0 bridgehead atoms. The zero-order valence-corrected chi connectivity index (χ0v) is 25.4. The van der Waals surface area contributed by atoms with E-state index < -0.39 is 24.3 Å². The van der Waals surface area contributed by atoms with E-state index in [4.69, 9.17) is 14.2 Å². The Balaban J connectivity index is 1.49. The number of nitrogens with one attached hydrogen (secondary N) is 1. The minimum atomic E-state index is -0.613. The lowest BCUT2D eigenvalue weighted by molar-refractivity contribution is -0.141. The molecule has 0 radical (unpaired) electrons. The predicted octanol–water partition coefficient (Wildman–Crippen LogP) is 4.42. The summed E-state index contributed by atoms with van der Waals surface area (Å²) in [5, 5.41) is 2.98. The molecule has 3 rings (SSSR count). The number of methoxy groups -OCH3 is 1. The van der Waals surface area contributed by atoms with Gasteiger partial charge in [-0.1, -0.05) is 12.1 Å². The largest absolute Gasteiger partial charge is 0.491 e. The highest BCUT2D eigenvalue weighted by atomic mass is 18.2. The molecule has 0 saturated carbocycles. The molecule has 3 amide bonds. The molecule has 1 aromatic carbocycles. The lowest BCUT2D eigenvalue weighted by Gasteiger charge is -2.35. The van der Waals surface area contributed by atoms with Crippen molar-refractivity contribution in [2.24, 2.45) is 11.8 Å². The molecule has 0 aliphatic carbocycles. The number of benzene rings is 1. The van der Waals surface area contributed by atoms with Crippen LogP contribution >= 0.6 is 0 Å². The van der Waals surface area contributed by atoms with Crippen molar-refractivity contribution in [3.8, 4) is 5.75 Å². The fourth-order valence-corrected chi connectivity index (χ4v) is 5.38. The smallest absolute Gasteiger partial charge is 0.410 e. The highest BCUT2D eigenvalue weighted by Gasteiger charge is 2.32. The van der Waals surface area contributed by atoms with E-state index in [-0.39, 0.29) is 36.9 Å².